The molecule has 1 aromatic carbocycles. The number of rotatable bonds is 5. The van der Waals surface area contributed by atoms with Gasteiger partial charge >= 0.3 is 0 Å². The Balaban J connectivity index is 2.62. The summed E-state index contributed by atoms with van der Waals surface area (Å²) in [5.41, 5.74) is 0.844. The molecule has 0 unspecified atom stereocenters. The minimum atomic E-state index is -0.298. The molecule has 0 saturated carbocycles. The van der Waals surface area contributed by atoms with Crippen molar-refractivity contribution in [3.8, 4) is 5.75 Å². The molecular formula is C10H12BrFO2. The third kappa shape index (κ3) is 3.64. The minimum Gasteiger partial charge on any atom is -0.467 e. The monoisotopic (exact) mass is 262 g/mol. The molecule has 0 amide bonds. The largest absolute Gasteiger partial charge is 0.467 e. The molecule has 2 nitrogen and oxygen atoms in total. The summed E-state index contributed by atoms with van der Waals surface area (Å²) in [5.74, 6) is 0.196. The van der Waals surface area contributed by atoms with Gasteiger partial charge in [0.2, 0.25) is 0 Å². The van der Waals surface area contributed by atoms with Gasteiger partial charge in [0, 0.05) is 18.0 Å². The van der Waals surface area contributed by atoms with Gasteiger partial charge in [-0.15, -0.1) is 0 Å². The molecule has 0 saturated heterocycles. The molecule has 4 heteroatoms. The zero-order valence-corrected chi connectivity index (χ0v) is 9.51. The number of halogens is 2. The van der Waals surface area contributed by atoms with Crippen molar-refractivity contribution < 1.29 is 13.9 Å². The van der Waals surface area contributed by atoms with Gasteiger partial charge in [0.1, 0.15) is 11.6 Å². The molecule has 0 aliphatic rings. The van der Waals surface area contributed by atoms with E-state index in [1.165, 1.54) is 12.1 Å². The lowest BCUT2D eigenvalue weighted by Gasteiger charge is -2.07. The van der Waals surface area contributed by atoms with E-state index in [1.807, 2.05) is 6.92 Å². The fourth-order valence-corrected chi connectivity index (χ4v) is 1.30. The molecule has 0 aliphatic heterocycles. The van der Waals surface area contributed by atoms with Gasteiger partial charge < -0.3 is 9.47 Å². The Morgan fingerprint density at radius 3 is 2.79 bits per heavy atom. The highest BCUT2D eigenvalue weighted by atomic mass is 79.9. The maximum absolute atomic E-state index is 13.0. The van der Waals surface area contributed by atoms with Crippen molar-refractivity contribution in [1.29, 1.82) is 0 Å². The van der Waals surface area contributed by atoms with Crippen LogP contribution in [0.5, 0.6) is 5.75 Å². The van der Waals surface area contributed by atoms with Crippen molar-refractivity contribution in [2.45, 2.75) is 12.3 Å². The van der Waals surface area contributed by atoms with Gasteiger partial charge in [-0.25, -0.2) is 4.39 Å². The summed E-state index contributed by atoms with van der Waals surface area (Å²) >= 11 is 3.25. The van der Waals surface area contributed by atoms with Crippen LogP contribution in [0.2, 0.25) is 0 Å². The lowest BCUT2D eigenvalue weighted by Crippen LogP contribution is -2.02. The van der Waals surface area contributed by atoms with E-state index >= 15 is 0 Å². The maximum Gasteiger partial charge on any atom is 0.189 e. The zero-order chi connectivity index (χ0) is 10.4. The van der Waals surface area contributed by atoms with Crippen molar-refractivity contribution in [2.75, 3.05) is 13.4 Å². The number of hydrogen-bond donors (Lipinski definition) is 0. The molecule has 1 aromatic rings. The van der Waals surface area contributed by atoms with Crippen molar-refractivity contribution in [3.63, 3.8) is 0 Å². The Kier molecular flexibility index (Phi) is 4.90. The quantitative estimate of drug-likeness (QED) is 0.461. The first-order valence-corrected chi connectivity index (χ1v) is 5.44. The van der Waals surface area contributed by atoms with E-state index in [1.54, 1.807) is 6.07 Å². The topological polar surface area (TPSA) is 18.5 Å². The van der Waals surface area contributed by atoms with E-state index < -0.39 is 0 Å². The lowest BCUT2D eigenvalue weighted by atomic mass is 10.2. The summed E-state index contributed by atoms with van der Waals surface area (Å²) in [4.78, 5) is 0. The van der Waals surface area contributed by atoms with Gasteiger partial charge in [-0.1, -0.05) is 15.9 Å². The third-order valence-corrected chi connectivity index (χ3v) is 2.25. The van der Waals surface area contributed by atoms with Gasteiger partial charge in [0.25, 0.3) is 0 Å². The highest BCUT2D eigenvalue weighted by Crippen LogP contribution is 2.18. The van der Waals surface area contributed by atoms with Crippen LogP contribution in [0.3, 0.4) is 0 Å². The lowest BCUT2D eigenvalue weighted by molar-refractivity contribution is 0.0222. The van der Waals surface area contributed by atoms with E-state index in [0.717, 1.165) is 5.56 Å². The molecule has 78 valence electrons. The SMILES string of the molecule is CCOCOc1cc(F)cc(CBr)c1. The first-order chi connectivity index (χ1) is 6.76. The van der Waals surface area contributed by atoms with Gasteiger partial charge in [0.15, 0.2) is 6.79 Å². The van der Waals surface area contributed by atoms with E-state index in [-0.39, 0.29) is 12.6 Å². The molecule has 0 aromatic heterocycles. The molecule has 0 atom stereocenters. The molecule has 0 N–H and O–H groups in total. The standard InChI is InChI=1S/C10H12BrFO2/c1-2-13-7-14-10-4-8(6-11)3-9(12)5-10/h3-5H,2,6-7H2,1H3. The second-order valence-corrected chi connectivity index (χ2v) is 3.24. The molecule has 0 bridgehead atoms. The summed E-state index contributed by atoms with van der Waals surface area (Å²) in [6, 6.07) is 4.57. The van der Waals surface area contributed by atoms with Crippen LogP contribution in [-0.2, 0) is 10.1 Å². The average Bonchev–Trinajstić information content (AvgIpc) is 2.17. The molecule has 0 spiro atoms. The van der Waals surface area contributed by atoms with Gasteiger partial charge in [-0.2, -0.15) is 0 Å². The van der Waals surface area contributed by atoms with E-state index in [0.29, 0.717) is 17.7 Å². The van der Waals surface area contributed by atoms with Crippen LogP contribution >= 0.6 is 15.9 Å². The van der Waals surface area contributed by atoms with Crippen LogP contribution in [0.1, 0.15) is 12.5 Å². The minimum absolute atomic E-state index is 0.154. The molecule has 14 heavy (non-hydrogen) atoms. The van der Waals surface area contributed by atoms with Gasteiger partial charge in [-0.3, -0.25) is 0 Å². The second kappa shape index (κ2) is 5.98. The van der Waals surface area contributed by atoms with Crippen LogP contribution in [-0.4, -0.2) is 13.4 Å². The third-order valence-electron chi connectivity index (χ3n) is 1.60. The Labute approximate surface area is 91.2 Å². The van der Waals surface area contributed by atoms with Crippen LogP contribution in [0.25, 0.3) is 0 Å². The predicted molar refractivity (Wildman–Crippen MR) is 56.2 cm³/mol. The summed E-state index contributed by atoms with van der Waals surface area (Å²) in [6.07, 6.45) is 0. The Hall–Kier alpha value is -0.610. The van der Waals surface area contributed by atoms with Crippen LogP contribution in [0.4, 0.5) is 4.39 Å². The molecule has 0 fully saturated rings. The fourth-order valence-electron chi connectivity index (χ4n) is 0.974. The first kappa shape index (κ1) is 11.5. The number of ether oxygens (including phenoxy) is 2. The summed E-state index contributed by atoms with van der Waals surface area (Å²) in [5, 5.41) is 0.607. The average molecular weight is 263 g/mol. The smallest absolute Gasteiger partial charge is 0.189 e. The Bertz CT molecular complexity index is 291. The summed E-state index contributed by atoms with van der Waals surface area (Å²) < 4.78 is 23.2. The molecule has 0 aliphatic carbocycles. The number of benzene rings is 1. The van der Waals surface area contributed by atoms with E-state index in [4.69, 9.17) is 9.47 Å². The fraction of sp³-hybridized carbons (Fsp3) is 0.400. The van der Waals surface area contributed by atoms with E-state index in [2.05, 4.69) is 15.9 Å². The molecule has 0 heterocycles. The predicted octanol–water partition coefficient (Wildman–Crippen LogP) is 3.09. The van der Waals surface area contributed by atoms with Crippen LogP contribution in [0.15, 0.2) is 18.2 Å². The second-order valence-electron chi connectivity index (χ2n) is 2.68. The van der Waals surface area contributed by atoms with Crippen molar-refractivity contribution in [2.24, 2.45) is 0 Å². The maximum atomic E-state index is 13.0. The Morgan fingerprint density at radius 2 is 2.14 bits per heavy atom. The van der Waals surface area contributed by atoms with Crippen molar-refractivity contribution in [3.05, 3.63) is 29.6 Å². The Morgan fingerprint density at radius 1 is 1.36 bits per heavy atom. The van der Waals surface area contributed by atoms with Gasteiger partial charge in [0.05, 0.1) is 0 Å². The normalized spacial score (nSPS) is 10.2. The first-order valence-electron chi connectivity index (χ1n) is 4.32. The summed E-state index contributed by atoms with van der Waals surface area (Å²) in [7, 11) is 0. The molecule has 1 rings (SSSR count). The summed E-state index contributed by atoms with van der Waals surface area (Å²) in [6.45, 7) is 2.61. The number of alkyl halides is 1. The highest BCUT2D eigenvalue weighted by molar-refractivity contribution is 9.08. The van der Waals surface area contributed by atoms with Crippen molar-refractivity contribution in [1.82, 2.24) is 0 Å². The molecule has 0 radical (unpaired) electrons. The van der Waals surface area contributed by atoms with Crippen LogP contribution < -0.4 is 4.74 Å². The van der Waals surface area contributed by atoms with E-state index in [9.17, 15) is 4.39 Å². The van der Waals surface area contributed by atoms with Crippen molar-refractivity contribution >= 4 is 15.9 Å². The van der Waals surface area contributed by atoms with Crippen LogP contribution in [0, 0.1) is 5.82 Å². The van der Waals surface area contributed by atoms with Gasteiger partial charge in [-0.05, 0) is 24.6 Å². The number of hydrogen-bond acceptors (Lipinski definition) is 2. The molecular weight excluding hydrogens is 251 g/mol. The highest BCUT2D eigenvalue weighted by Gasteiger charge is 2.00. The zero-order valence-electron chi connectivity index (χ0n) is 7.93.